The van der Waals surface area contributed by atoms with Crippen molar-refractivity contribution in [3.8, 4) is 27.8 Å². The summed E-state index contributed by atoms with van der Waals surface area (Å²) in [6, 6.07) is 12.4. The number of methoxy groups -OCH3 is 3. The molecule has 0 spiro atoms. The molecule has 0 atom stereocenters. The van der Waals surface area contributed by atoms with Crippen molar-refractivity contribution in [2.24, 2.45) is 0 Å². The first-order valence-corrected chi connectivity index (χ1v) is 8.47. The highest BCUT2D eigenvalue weighted by molar-refractivity contribution is 7.18. The molecule has 0 aliphatic heterocycles. The van der Waals surface area contributed by atoms with Gasteiger partial charge in [0.15, 0.2) is 11.5 Å². The van der Waals surface area contributed by atoms with E-state index < -0.39 is 0 Å². The minimum absolute atomic E-state index is 0.279. The number of hydrogen-bond acceptors (Lipinski definition) is 7. The zero-order valence-corrected chi connectivity index (χ0v) is 15.3. The van der Waals surface area contributed by atoms with Gasteiger partial charge in [-0.15, -0.1) is 10.2 Å². The van der Waals surface area contributed by atoms with E-state index in [4.69, 9.17) is 14.2 Å². The topological polar surface area (TPSA) is 82.6 Å². The molecule has 2 aromatic carbocycles. The van der Waals surface area contributed by atoms with Gasteiger partial charge in [0.1, 0.15) is 10.8 Å². The summed E-state index contributed by atoms with van der Waals surface area (Å²) in [6.45, 7) is 0. The average molecular weight is 371 g/mol. The van der Waals surface area contributed by atoms with E-state index in [0.29, 0.717) is 33.0 Å². The number of rotatable bonds is 6. The lowest BCUT2D eigenvalue weighted by molar-refractivity contribution is 0.102. The van der Waals surface area contributed by atoms with Gasteiger partial charge in [-0.1, -0.05) is 17.4 Å². The number of nitrogens with zero attached hydrogens (tertiary/aromatic N) is 2. The summed E-state index contributed by atoms with van der Waals surface area (Å²) in [5, 5.41) is 12.0. The molecule has 0 saturated heterocycles. The van der Waals surface area contributed by atoms with Crippen LogP contribution in [0.15, 0.2) is 42.5 Å². The predicted molar refractivity (Wildman–Crippen MR) is 99.4 cm³/mol. The second-order valence-corrected chi connectivity index (χ2v) is 6.15. The zero-order chi connectivity index (χ0) is 18.5. The molecule has 8 heteroatoms. The van der Waals surface area contributed by atoms with Gasteiger partial charge in [-0.2, -0.15) is 0 Å². The number of hydrogen-bond donors (Lipinski definition) is 1. The standard InChI is InChI=1S/C18H17N3O4S/c1-23-13-6-4-5-11(9-13)16(22)19-18-21-20-17(26-18)12-7-8-14(24-2)15(10-12)25-3/h4-10H,1-3H3,(H,19,21,22). The Labute approximate surface area is 154 Å². The fourth-order valence-electron chi connectivity index (χ4n) is 2.29. The predicted octanol–water partition coefficient (Wildman–Crippen LogP) is 3.48. The van der Waals surface area contributed by atoms with Crippen molar-refractivity contribution in [1.82, 2.24) is 10.2 Å². The van der Waals surface area contributed by atoms with Crippen LogP contribution in [0.3, 0.4) is 0 Å². The smallest absolute Gasteiger partial charge is 0.257 e. The molecule has 1 N–H and O–H groups in total. The van der Waals surface area contributed by atoms with E-state index in [1.807, 2.05) is 12.1 Å². The molecular weight excluding hydrogens is 354 g/mol. The van der Waals surface area contributed by atoms with E-state index in [1.165, 1.54) is 11.3 Å². The van der Waals surface area contributed by atoms with Crippen LogP contribution in [-0.4, -0.2) is 37.4 Å². The van der Waals surface area contributed by atoms with Crippen molar-refractivity contribution >= 4 is 22.4 Å². The van der Waals surface area contributed by atoms with Gasteiger partial charge in [0, 0.05) is 11.1 Å². The Morgan fingerprint density at radius 2 is 1.77 bits per heavy atom. The van der Waals surface area contributed by atoms with Crippen LogP contribution >= 0.6 is 11.3 Å². The molecule has 0 aliphatic carbocycles. The number of carbonyl (C=O) groups is 1. The number of benzene rings is 2. The van der Waals surface area contributed by atoms with E-state index in [0.717, 1.165) is 5.56 Å². The van der Waals surface area contributed by atoms with Gasteiger partial charge in [0.05, 0.1) is 21.3 Å². The molecule has 1 aromatic heterocycles. The van der Waals surface area contributed by atoms with Crippen molar-refractivity contribution in [3.63, 3.8) is 0 Å². The molecule has 0 bridgehead atoms. The fourth-order valence-corrected chi connectivity index (χ4v) is 3.03. The van der Waals surface area contributed by atoms with Crippen molar-refractivity contribution < 1.29 is 19.0 Å². The lowest BCUT2D eigenvalue weighted by Crippen LogP contribution is -2.11. The zero-order valence-electron chi connectivity index (χ0n) is 14.5. The SMILES string of the molecule is COc1cccc(C(=O)Nc2nnc(-c3ccc(OC)c(OC)c3)s2)c1. The second kappa shape index (κ2) is 7.83. The Bertz CT molecular complexity index is 926. The van der Waals surface area contributed by atoms with Gasteiger partial charge in [-0.3, -0.25) is 10.1 Å². The number of aromatic nitrogens is 2. The first-order chi connectivity index (χ1) is 12.6. The normalized spacial score (nSPS) is 10.3. The molecule has 0 unspecified atom stereocenters. The van der Waals surface area contributed by atoms with E-state index in [1.54, 1.807) is 51.7 Å². The number of anilines is 1. The first-order valence-electron chi connectivity index (χ1n) is 7.66. The Balaban J connectivity index is 1.78. The molecule has 7 nitrogen and oxygen atoms in total. The minimum atomic E-state index is -0.279. The molecule has 3 aromatic rings. The number of nitrogens with one attached hydrogen (secondary N) is 1. The molecule has 134 valence electrons. The summed E-state index contributed by atoms with van der Waals surface area (Å²) in [4.78, 5) is 12.3. The van der Waals surface area contributed by atoms with Crippen LogP contribution in [0, 0.1) is 0 Å². The van der Waals surface area contributed by atoms with Crippen LogP contribution in [0.1, 0.15) is 10.4 Å². The molecule has 26 heavy (non-hydrogen) atoms. The fraction of sp³-hybridized carbons (Fsp3) is 0.167. The first kappa shape index (κ1) is 17.7. The van der Waals surface area contributed by atoms with Crippen LogP contribution in [-0.2, 0) is 0 Å². The van der Waals surface area contributed by atoms with E-state index in [-0.39, 0.29) is 5.91 Å². The van der Waals surface area contributed by atoms with Crippen LogP contribution in [0.4, 0.5) is 5.13 Å². The molecule has 1 heterocycles. The summed E-state index contributed by atoms with van der Waals surface area (Å²) in [7, 11) is 4.70. The van der Waals surface area contributed by atoms with Crippen LogP contribution in [0.5, 0.6) is 17.2 Å². The summed E-state index contributed by atoms with van der Waals surface area (Å²) in [5.74, 6) is 1.56. The molecule has 0 aliphatic rings. The summed E-state index contributed by atoms with van der Waals surface area (Å²) in [5.41, 5.74) is 1.30. The number of carbonyl (C=O) groups excluding carboxylic acids is 1. The molecular formula is C18H17N3O4S. The maximum atomic E-state index is 12.3. The Kier molecular flexibility index (Phi) is 5.33. The van der Waals surface area contributed by atoms with Crippen LogP contribution in [0.2, 0.25) is 0 Å². The highest BCUT2D eigenvalue weighted by Gasteiger charge is 2.13. The highest BCUT2D eigenvalue weighted by Crippen LogP contribution is 2.34. The molecule has 0 saturated carbocycles. The maximum absolute atomic E-state index is 12.3. The van der Waals surface area contributed by atoms with Crippen LogP contribution < -0.4 is 19.5 Å². The molecule has 0 fully saturated rings. The van der Waals surface area contributed by atoms with Gasteiger partial charge in [-0.05, 0) is 36.4 Å². The summed E-state index contributed by atoms with van der Waals surface area (Å²) in [6.07, 6.45) is 0. The van der Waals surface area contributed by atoms with E-state index >= 15 is 0 Å². The molecule has 1 amide bonds. The van der Waals surface area contributed by atoms with Gasteiger partial charge in [-0.25, -0.2) is 0 Å². The van der Waals surface area contributed by atoms with Crippen molar-refractivity contribution in [3.05, 3.63) is 48.0 Å². The van der Waals surface area contributed by atoms with Crippen molar-refractivity contribution in [2.75, 3.05) is 26.6 Å². The van der Waals surface area contributed by atoms with E-state index in [9.17, 15) is 4.79 Å². The lowest BCUT2D eigenvalue weighted by Gasteiger charge is -2.07. The third-order valence-corrected chi connectivity index (χ3v) is 4.50. The molecule has 3 rings (SSSR count). The van der Waals surface area contributed by atoms with Crippen LogP contribution in [0.25, 0.3) is 10.6 Å². The minimum Gasteiger partial charge on any atom is -0.497 e. The van der Waals surface area contributed by atoms with Gasteiger partial charge in [0.25, 0.3) is 5.91 Å². The average Bonchev–Trinajstić information content (AvgIpc) is 3.15. The van der Waals surface area contributed by atoms with Gasteiger partial charge >= 0.3 is 0 Å². The van der Waals surface area contributed by atoms with Crippen molar-refractivity contribution in [1.29, 1.82) is 0 Å². The largest absolute Gasteiger partial charge is 0.497 e. The maximum Gasteiger partial charge on any atom is 0.257 e. The van der Waals surface area contributed by atoms with Gasteiger partial charge in [0.2, 0.25) is 5.13 Å². The number of ether oxygens (including phenoxy) is 3. The summed E-state index contributed by atoms with van der Waals surface area (Å²) < 4.78 is 15.7. The Morgan fingerprint density at radius 3 is 2.50 bits per heavy atom. The highest BCUT2D eigenvalue weighted by atomic mass is 32.1. The van der Waals surface area contributed by atoms with E-state index in [2.05, 4.69) is 15.5 Å². The van der Waals surface area contributed by atoms with Gasteiger partial charge < -0.3 is 14.2 Å². The lowest BCUT2D eigenvalue weighted by atomic mass is 10.2. The molecule has 0 radical (unpaired) electrons. The van der Waals surface area contributed by atoms with Crippen molar-refractivity contribution in [2.45, 2.75) is 0 Å². The Morgan fingerprint density at radius 1 is 0.962 bits per heavy atom. The summed E-state index contributed by atoms with van der Waals surface area (Å²) >= 11 is 1.27. The number of amides is 1. The Hall–Kier alpha value is -3.13. The quantitative estimate of drug-likeness (QED) is 0.714. The third kappa shape index (κ3) is 3.75. The third-order valence-electron chi connectivity index (χ3n) is 3.61. The monoisotopic (exact) mass is 371 g/mol. The second-order valence-electron chi connectivity index (χ2n) is 5.17.